The number of carbonyl (C=O) groups is 1. The third-order valence-electron chi connectivity index (χ3n) is 4.76. The van der Waals surface area contributed by atoms with Gasteiger partial charge in [0.15, 0.2) is 0 Å². The molecule has 1 N–H and O–H groups in total. The second kappa shape index (κ2) is 8.43. The van der Waals surface area contributed by atoms with Gasteiger partial charge in [0.2, 0.25) is 5.91 Å². The molecule has 0 aliphatic carbocycles. The average Bonchev–Trinajstić information content (AvgIpc) is 2.54. The Bertz CT molecular complexity index is 736. The van der Waals surface area contributed by atoms with Crippen molar-refractivity contribution in [2.75, 3.05) is 18.4 Å². The number of nitrogens with one attached hydrogen (secondary N) is 1. The van der Waals surface area contributed by atoms with Crippen molar-refractivity contribution in [1.29, 1.82) is 0 Å². The number of hydrogen-bond acceptors (Lipinski definition) is 2. The third kappa shape index (κ3) is 4.79. The Labute approximate surface area is 165 Å². The van der Waals surface area contributed by atoms with Crippen LogP contribution in [0, 0.1) is 11.8 Å². The molecule has 0 bridgehead atoms. The van der Waals surface area contributed by atoms with Crippen molar-refractivity contribution in [3.05, 3.63) is 64.1 Å². The van der Waals surface area contributed by atoms with Crippen LogP contribution in [0.25, 0.3) is 0 Å². The first kappa shape index (κ1) is 19.2. The predicted molar refractivity (Wildman–Crippen MR) is 109 cm³/mol. The van der Waals surface area contributed by atoms with Crippen LogP contribution in [0.3, 0.4) is 0 Å². The highest BCUT2D eigenvalue weighted by molar-refractivity contribution is 6.35. The number of likely N-dealkylation sites (tertiary alicyclic amines) is 1. The lowest BCUT2D eigenvalue weighted by molar-refractivity contribution is -0.122. The summed E-state index contributed by atoms with van der Waals surface area (Å²) in [6, 6.07) is 14.7. The number of amides is 1. The van der Waals surface area contributed by atoms with Gasteiger partial charge in [-0.15, -0.1) is 0 Å². The van der Waals surface area contributed by atoms with Crippen molar-refractivity contribution < 1.29 is 4.79 Å². The number of benzene rings is 2. The molecule has 1 heterocycles. The Kier molecular flexibility index (Phi) is 6.23. The fourth-order valence-electron chi connectivity index (χ4n) is 3.92. The van der Waals surface area contributed by atoms with Gasteiger partial charge in [-0.05, 0) is 42.0 Å². The maximum atomic E-state index is 13.2. The highest BCUT2D eigenvalue weighted by atomic mass is 35.5. The van der Waals surface area contributed by atoms with E-state index in [0.29, 0.717) is 27.6 Å². The number of rotatable bonds is 4. The molecule has 3 nitrogen and oxygen atoms in total. The second-order valence-electron chi connectivity index (χ2n) is 7.36. The molecular weight excluding hydrogens is 367 g/mol. The summed E-state index contributed by atoms with van der Waals surface area (Å²) in [6.45, 7) is 6.32. The van der Waals surface area contributed by atoms with Crippen LogP contribution in [0.4, 0.5) is 5.69 Å². The van der Waals surface area contributed by atoms with Crippen LogP contribution in [0.2, 0.25) is 10.0 Å². The van der Waals surface area contributed by atoms with Crippen LogP contribution < -0.4 is 5.32 Å². The van der Waals surface area contributed by atoms with Gasteiger partial charge in [0.05, 0.1) is 0 Å². The van der Waals surface area contributed by atoms with Crippen molar-refractivity contribution in [3.8, 4) is 0 Å². The van der Waals surface area contributed by atoms with Gasteiger partial charge in [0.1, 0.15) is 6.04 Å². The average molecular weight is 391 g/mol. The minimum absolute atomic E-state index is 0.0594. The van der Waals surface area contributed by atoms with Crippen LogP contribution in [0.15, 0.2) is 48.5 Å². The molecule has 1 aliphatic rings. The molecule has 0 spiro atoms. The van der Waals surface area contributed by atoms with Crippen LogP contribution in [-0.2, 0) is 4.79 Å². The number of hydrogen-bond donors (Lipinski definition) is 1. The maximum Gasteiger partial charge on any atom is 0.246 e. The normalized spacial score (nSPS) is 22.0. The van der Waals surface area contributed by atoms with Crippen molar-refractivity contribution in [3.63, 3.8) is 0 Å². The molecule has 1 aliphatic heterocycles. The molecular formula is C21H24Cl2N2O. The molecule has 0 radical (unpaired) electrons. The summed E-state index contributed by atoms with van der Waals surface area (Å²) < 4.78 is 0. The van der Waals surface area contributed by atoms with E-state index >= 15 is 0 Å². The molecule has 5 heteroatoms. The quantitative estimate of drug-likeness (QED) is 0.730. The summed E-state index contributed by atoms with van der Waals surface area (Å²) in [5.74, 6) is 1.08. The Morgan fingerprint density at radius 3 is 2.19 bits per heavy atom. The Balaban J connectivity index is 1.88. The zero-order valence-corrected chi connectivity index (χ0v) is 16.6. The fourth-order valence-corrected chi connectivity index (χ4v) is 4.45. The van der Waals surface area contributed by atoms with E-state index in [-0.39, 0.29) is 11.9 Å². The highest BCUT2D eigenvalue weighted by Gasteiger charge is 2.32. The van der Waals surface area contributed by atoms with Crippen molar-refractivity contribution in [2.45, 2.75) is 26.3 Å². The van der Waals surface area contributed by atoms with E-state index < -0.39 is 0 Å². The molecule has 0 aromatic heterocycles. The number of piperidine rings is 1. The first-order valence-corrected chi connectivity index (χ1v) is 9.74. The van der Waals surface area contributed by atoms with Gasteiger partial charge in [-0.25, -0.2) is 0 Å². The summed E-state index contributed by atoms with van der Waals surface area (Å²) >= 11 is 12.1. The number of halogens is 2. The highest BCUT2D eigenvalue weighted by Crippen LogP contribution is 2.31. The smallest absolute Gasteiger partial charge is 0.246 e. The van der Waals surface area contributed by atoms with Gasteiger partial charge in [-0.3, -0.25) is 9.69 Å². The molecule has 26 heavy (non-hydrogen) atoms. The molecule has 1 amide bonds. The molecule has 3 atom stereocenters. The second-order valence-corrected chi connectivity index (χ2v) is 8.23. The Morgan fingerprint density at radius 2 is 1.62 bits per heavy atom. The van der Waals surface area contributed by atoms with Crippen LogP contribution in [0.1, 0.15) is 31.9 Å². The summed E-state index contributed by atoms with van der Waals surface area (Å²) in [6.07, 6.45) is 1.20. The summed E-state index contributed by atoms with van der Waals surface area (Å²) in [5.41, 5.74) is 1.62. The number of anilines is 1. The Hall–Kier alpha value is -1.55. The lowest BCUT2D eigenvalue weighted by atomic mass is 9.89. The van der Waals surface area contributed by atoms with Gasteiger partial charge in [0.25, 0.3) is 0 Å². The van der Waals surface area contributed by atoms with Crippen molar-refractivity contribution in [1.82, 2.24) is 4.90 Å². The molecule has 3 rings (SSSR count). The standard InChI is InChI=1S/C21H24Cl2N2O/c1-14-8-15(2)13-25(12-14)20(16-6-4-3-5-7-16)21(26)24-19-10-17(22)9-18(23)11-19/h3-7,9-11,14-15,20H,8,12-13H2,1-2H3,(H,24,26)/t14-,15-,20-/m0/s1. The zero-order chi connectivity index (χ0) is 18.7. The first-order valence-electron chi connectivity index (χ1n) is 8.98. The van der Waals surface area contributed by atoms with E-state index in [4.69, 9.17) is 23.2 Å². The third-order valence-corrected chi connectivity index (χ3v) is 5.19. The van der Waals surface area contributed by atoms with Crippen molar-refractivity contribution >= 4 is 34.8 Å². The summed E-state index contributed by atoms with van der Waals surface area (Å²) in [5, 5.41) is 4.01. The predicted octanol–water partition coefficient (Wildman–Crippen LogP) is 5.65. The maximum absolute atomic E-state index is 13.2. The van der Waals surface area contributed by atoms with Gasteiger partial charge in [-0.1, -0.05) is 67.4 Å². The van der Waals surface area contributed by atoms with E-state index in [2.05, 4.69) is 24.1 Å². The lowest BCUT2D eigenvalue weighted by Crippen LogP contribution is -2.45. The van der Waals surface area contributed by atoms with Gasteiger partial charge in [-0.2, -0.15) is 0 Å². The van der Waals surface area contributed by atoms with E-state index in [9.17, 15) is 4.79 Å². The minimum Gasteiger partial charge on any atom is -0.324 e. The molecule has 1 fully saturated rings. The zero-order valence-electron chi connectivity index (χ0n) is 15.1. The number of carbonyl (C=O) groups excluding carboxylic acids is 1. The van der Waals surface area contributed by atoms with E-state index in [0.717, 1.165) is 18.7 Å². The molecule has 2 aromatic carbocycles. The monoisotopic (exact) mass is 390 g/mol. The largest absolute Gasteiger partial charge is 0.324 e. The van der Waals surface area contributed by atoms with E-state index in [1.807, 2.05) is 30.3 Å². The molecule has 0 unspecified atom stereocenters. The van der Waals surface area contributed by atoms with Crippen LogP contribution in [-0.4, -0.2) is 23.9 Å². The number of nitrogens with zero attached hydrogens (tertiary/aromatic N) is 1. The molecule has 0 saturated carbocycles. The van der Waals surface area contributed by atoms with Crippen molar-refractivity contribution in [2.24, 2.45) is 11.8 Å². The summed E-state index contributed by atoms with van der Waals surface area (Å²) in [4.78, 5) is 15.5. The lowest BCUT2D eigenvalue weighted by Gasteiger charge is -2.39. The molecule has 1 saturated heterocycles. The van der Waals surface area contributed by atoms with Crippen LogP contribution >= 0.6 is 23.2 Å². The molecule has 2 aromatic rings. The SMILES string of the molecule is C[C@H]1C[C@H](C)CN([C@H](C(=O)Nc2cc(Cl)cc(Cl)c2)c2ccccc2)C1. The molecule has 138 valence electrons. The van der Waals surface area contributed by atoms with E-state index in [1.54, 1.807) is 18.2 Å². The topological polar surface area (TPSA) is 32.3 Å². The van der Waals surface area contributed by atoms with Crippen LogP contribution in [0.5, 0.6) is 0 Å². The van der Waals surface area contributed by atoms with Gasteiger partial charge >= 0.3 is 0 Å². The fraction of sp³-hybridized carbons (Fsp3) is 0.381. The minimum atomic E-state index is -0.334. The first-order chi connectivity index (χ1) is 12.4. The van der Waals surface area contributed by atoms with E-state index in [1.165, 1.54) is 6.42 Å². The van der Waals surface area contributed by atoms with Gasteiger partial charge < -0.3 is 5.32 Å². The summed E-state index contributed by atoms with van der Waals surface area (Å²) in [7, 11) is 0. The van der Waals surface area contributed by atoms with Gasteiger partial charge in [0, 0.05) is 28.8 Å². The Morgan fingerprint density at radius 1 is 1.04 bits per heavy atom.